The Morgan fingerprint density at radius 2 is 0.469 bits per heavy atom. The van der Waals surface area contributed by atoms with Gasteiger partial charge in [-0.1, -0.05) is 369 Å². The molecule has 0 radical (unpaired) electrons. The van der Waals surface area contributed by atoms with Gasteiger partial charge in [0.25, 0.3) is 0 Å². The van der Waals surface area contributed by atoms with Gasteiger partial charge >= 0.3 is 39.5 Å². The summed E-state index contributed by atoms with van der Waals surface area (Å²) >= 11 is 0. The van der Waals surface area contributed by atoms with Gasteiger partial charge in [0.1, 0.15) is 19.3 Å². The minimum absolute atomic E-state index is 0.107. The number of rotatable bonds is 79. The molecule has 98 heavy (non-hydrogen) atoms. The van der Waals surface area contributed by atoms with Crippen LogP contribution < -0.4 is 0 Å². The van der Waals surface area contributed by atoms with E-state index >= 15 is 0 Å². The van der Waals surface area contributed by atoms with Crippen LogP contribution in [0.1, 0.15) is 420 Å². The second kappa shape index (κ2) is 72.0. The van der Waals surface area contributed by atoms with E-state index in [1.54, 1.807) is 0 Å². The minimum atomic E-state index is -4.96. The van der Waals surface area contributed by atoms with Crippen LogP contribution in [0.2, 0.25) is 0 Å². The summed E-state index contributed by atoms with van der Waals surface area (Å²) in [5, 5.41) is 10.6. The molecule has 0 amide bonds. The highest BCUT2D eigenvalue weighted by Gasteiger charge is 2.30. The summed E-state index contributed by atoms with van der Waals surface area (Å²) in [4.78, 5) is 73.0. The van der Waals surface area contributed by atoms with Crippen LogP contribution in [-0.2, 0) is 65.4 Å². The van der Waals surface area contributed by atoms with Crippen molar-refractivity contribution in [2.75, 3.05) is 39.6 Å². The van der Waals surface area contributed by atoms with Crippen LogP contribution in [0.5, 0.6) is 0 Å². The molecule has 3 N–H and O–H groups in total. The highest BCUT2D eigenvalue weighted by molar-refractivity contribution is 7.47. The van der Waals surface area contributed by atoms with Crippen LogP contribution in [0, 0.1) is 5.92 Å². The summed E-state index contributed by atoms with van der Waals surface area (Å²) in [7, 11) is -9.91. The van der Waals surface area contributed by atoms with Crippen molar-refractivity contribution >= 4 is 39.5 Å². The number of phosphoric ester groups is 2. The van der Waals surface area contributed by atoms with Crippen LogP contribution in [0.3, 0.4) is 0 Å². The van der Waals surface area contributed by atoms with Crippen molar-refractivity contribution in [3.63, 3.8) is 0 Å². The molecule has 17 nitrogen and oxygen atoms in total. The van der Waals surface area contributed by atoms with Gasteiger partial charge in [-0.05, 0) is 31.6 Å². The second-order valence-electron chi connectivity index (χ2n) is 28.9. The normalized spacial score (nSPS) is 13.9. The zero-order valence-corrected chi connectivity index (χ0v) is 65.7. The molecule has 0 spiro atoms. The van der Waals surface area contributed by atoms with Crippen LogP contribution in [0.25, 0.3) is 0 Å². The molecule has 2 unspecified atom stereocenters. The molecular weight excluding hydrogens is 1280 g/mol. The largest absolute Gasteiger partial charge is 0.472 e. The van der Waals surface area contributed by atoms with E-state index in [0.29, 0.717) is 25.7 Å². The average Bonchev–Trinajstić information content (AvgIpc) is 1.13. The summed E-state index contributed by atoms with van der Waals surface area (Å²) < 4.78 is 68.7. The third-order valence-electron chi connectivity index (χ3n) is 18.5. The summed E-state index contributed by atoms with van der Waals surface area (Å²) in [5.74, 6) is -1.36. The molecule has 582 valence electrons. The van der Waals surface area contributed by atoms with Gasteiger partial charge in [0.2, 0.25) is 0 Å². The maximum absolute atomic E-state index is 13.1. The van der Waals surface area contributed by atoms with E-state index in [4.69, 9.17) is 37.0 Å². The predicted octanol–water partition coefficient (Wildman–Crippen LogP) is 23.6. The van der Waals surface area contributed by atoms with Crippen LogP contribution in [-0.4, -0.2) is 96.7 Å². The molecule has 0 rings (SSSR count). The molecule has 5 atom stereocenters. The van der Waals surface area contributed by atoms with Crippen molar-refractivity contribution in [3.8, 4) is 0 Å². The monoisotopic (exact) mass is 1440 g/mol. The maximum atomic E-state index is 13.1. The lowest BCUT2D eigenvalue weighted by Gasteiger charge is -2.21. The zero-order chi connectivity index (χ0) is 71.9. The van der Waals surface area contributed by atoms with Crippen LogP contribution in [0.4, 0.5) is 0 Å². The number of hydrogen-bond acceptors (Lipinski definition) is 15. The van der Waals surface area contributed by atoms with Crippen molar-refractivity contribution in [3.05, 3.63) is 0 Å². The lowest BCUT2D eigenvalue weighted by atomic mass is 10.0. The fourth-order valence-corrected chi connectivity index (χ4v) is 13.8. The predicted molar refractivity (Wildman–Crippen MR) is 400 cm³/mol. The van der Waals surface area contributed by atoms with Gasteiger partial charge < -0.3 is 33.8 Å². The number of carbonyl (C=O) groups is 4. The Bertz CT molecular complexity index is 1870. The van der Waals surface area contributed by atoms with E-state index in [2.05, 4.69) is 34.6 Å². The van der Waals surface area contributed by atoms with Gasteiger partial charge in [-0.2, -0.15) is 0 Å². The molecule has 0 aromatic rings. The lowest BCUT2D eigenvalue weighted by molar-refractivity contribution is -0.161. The van der Waals surface area contributed by atoms with Gasteiger partial charge in [-0.25, -0.2) is 9.13 Å². The number of phosphoric acid groups is 2. The quantitative estimate of drug-likeness (QED) is 0.0222. The molecule has 0 fully saturated rings. The molecular formula is C79H154O17P2. The Hall–Kier alpha value is -1.94. The molecule has 0 aliphatic carbocycles. The summed E-state index contributed by atoms with van der Waals surface area (Å²) in [6, 6.07) is 0. The van der Waals surface area contributed by atoms with Gasteiger partial charge in [0, 0.05) is 25.7 Å². The molecule has 0 saturated heterocycles. The Morgan fingerprint density at radius 1 is 0.276 bits per heavy atom. The summed E-state index contributed by atoms with van der Waals surface area (Å²) in [5.41, 5.74) is 0. The first-order valence-corrected chi connectivity index (χ1v) is 44.1. The molecule has 0 heterocycles. The number of aliphatic hydroxyl groups is 1. The van der Waals surface area contributed by atoms with Gasteiger partial charge in [0.05, 0.1) is 26.4 Å². The molecule has 0 bridgehead atoms. The molecule has 0 saturated carbocycles. The number of carbonyl (C=O) groups excluding carboxylic acids is 4. The van der Waals surface area contributed by atoms with Crippen molar-refractivity contribution in [2.24, 2.45) is 5.92 Å². The first kappa shape index (κ1) is 96.1. The Morgan fingerprint density at radius 3 is 0.694 bits per heavy atom. The highest BCUT2D eigenvalue weighted by Crippen LogP contribution is 2.45. The smallest absolute Gasteiger partial charge is 0.462 e. The van der Waals surface area contributed by atoms with Gasteiger partial charge in [-0.3, -0.25) is 37.3 Å². The molecule has 0 aliphatic rings. The number of hydrogen-bond donors (Lipinski definition) is 3. The lowest BCUT2D eigenvalue weighted by Crippen LogP contribution is -2.30. The topological polar surface area (TPSA) is 237 Å². The number of aliphatic hydroxyl groups excluding tert-OH is 1. The first-order chi connectivity index (χ1) is 47.5. The van der Waals surface area contributed by atoms with E-state index < -0.39 is 97.5 Å². The Balaban J connectivity index is 5.25. The first-order valence-electron chi connectivity index (χ1n) is 41.1. The van der Waals surface area contributed by atoms with Crippen molar-refractivity contribution in [1.82, 2.24) is 0 Å². The molecule has 19 heteroatoms. The van der Waals surface area contributed by atoms with E-state index in [0.717, 1.165) is 95.8 Å². The van der Waals surface area contributed by atoms with Crippen molar-refractivity contribution in [2.45, 2.75) is 438 Å². The summed E-state index contributed by atoms with van der Waals surface area (Å²) in [6.07, 6.45) is 62.3. The van der Waals surface area contributed by atoms with Crippen molar-refractivity contribution in [1.29, 1.82) is 0 Å². The Kier molecular flexibility index (Phi) is 70.6. The minimum Gasteiger partial charge on any atom is -0.462 e. The standard InChI is InChI=1S/C79H154O17P2/c1-6-9-12-15-18-21-24-26-28-30-31-33-35-38-44-49-54-59-64-78(83)95-74(69-90-77(82)63-58-53-48-43-37-34-32-29-27-25-22-19-16-13-10-7-2)70-93-97(85,86)91-66-73(80)67-92-98(87,88)94-71-75(68-89-76(81)62-57-52-47-42-36-23-20-17-14-11-8-3)96-79(84)65-60-55-50-45-40-39-41-46-51-56-61-72(4)5/h72-75,80H,6-71H2,1-5H3,(H,85,86)(H,87,88)/t73-,74-,75-/m1/s1. The molecule has 0 aromatic heterocycles. The highest BCUT2D eigenvalue weighted by atomic mass is 31.2. The van der Waals surface area contributed by atoms with E-state index in [9.17, 15) is 43.2 Å². The number of ether oxygens (including phenoxy) is 4. The third kappa shape index (κ3) is 72.4. The van der Waals surface area contributed by atoms with E-state index in [1.165, 1.54) is 244 Å². The van der Waals surface area contributed by atoms with Crippen LogP contribution >= 0.6 is 15.6 Å². The molecule has 0 aliphatic heterocycles. The third-order valence-corrected chi connectivity index (χ3v) is 20.4. The zero-order valence-electron chi connectivity index (χ0n) is 63.9. The number of esters is 4. The fourth-order valence-electron chi connectivity index (χ4n) is 12.2. The summed E-state index contributed by atoms with van der Waals surface area (Å²) in [6.45, 7) is 7.31. The Labute approximate surface area is 600 Å². The van der Waals surface area contributed by atoms with Gasteiger partial charge in [-0.15, -0.1) is 0 Å². The number of unbranched alkanes of at least 4 members (excludes halogenated alkanes) is 51. The van der Waals surface area contributed by atoms with E-state index in [1.807, 2.05) is 0 Å². The van der Waals surface area contributed by atoms with Crippen LogP contribution in [0.15, 0.2) is 0 Å². The fraction of sp³-hybridized carbons (Fsp3) is 0.949. The SMILES string of the molecule is CCCCCCCCCCCCCCCCCCCCC(=O)O[C@H](COC(=O)CCCCCCCCCCCCCCCCCC)COP(=O)(O)OC[C@@H](O)COP(=O)(O)OC[C@@H](COC(=O)CCCCCCCCCCCCC)OC(=O)CCCCCCCCCCCCC(C)C. The van der Waals surface area contributed by atoms with Gasteiger partial charge in [0.15, 0.2) is 12.2 Å². The van der Waals surface area contributed by atoms with E-state index in [-0.39, 0.29) is 25.7 Å². The molecule has 0 aromatic carbocycles. The average molecular weight is 1440 g/mol. The second-order valence-corrected chi connectivity index (χ2v) is 31.8. The van der Waals surface area contributed by atoms with Crippen molar-refractivity contribution < 1.29 is 80.2 Å². The maximum Gasteiger partial charge on any atom is 0.472 e.